The Labute approximate surface area is 271 Å². The molecule has 46 heavy (non-hydrogen) atoms. The first kappa shape index (κ1) is 33.1. The molecule has 242 valence electrons. The van der Waals surface area contributed by atoms with E-state index in [0.717, 1.165) is 53.5 Å². The van der Waals surface area contributed by atoms with Crippen LogP contribution >= 0.6 is 11.8 Å². The number of benzene rings is 3. The average molecular weight is 651 g/mol. The molecule has 1 aromatic heterocycles. The number of nitrogens with zero attached hydrogens (tertiary/aromatic N) is 5. The number of thioether (sulfide) groups is 1. The zero-order chi connectivity index (χ0) is 32.8. The topological polar surface area (TPSA) is 84.6 Å². The third-order valence-corrected chi connectivity index (χ3v) is 8.61. The number of amides is 2. The van der Waals surface area contributed by atoms with E-state index in [1.54, 1.807) is 11.8 Å². The SMILES string of the molecule is Cc1cccc(N2CCS/C2=N\C(=O)NC(C)CCCc2ccc(-c3ncn(-c4ccc(OC(F)(F)F)cc4)n3)cc2)c1C(C)C. The minimum Gasteiger partial charge on any atom is -0.406 e. The van der Waals surface area contributed by atoms with Crippen molar-refractivity contribution in [3.63, 3.8) is 0 Å². The lowest BCUT2D eigenvalue weighted by Crippen LogP contribution is -2.33. The minimum absolute atomic E-state index is 0.0246. The second-order valence-corrected chi connectivity index (χ2v) is 12.6. The van der Waals surface area contributed by atoms with E-state index in [-0.39, 0.29) is 17.8 Å². The number of halogens is 3. The van der Waals surface area contributed by atoms with Gasteiger partial charge in [-0.3, -0.25) is 0 Å². The number of aromatic nitrogens is 3. The van der Waals surface area contributed by atoms with Gasteiger partial charge in [0.2, 0.25) is 0 Å². The summed E-state index contributed by atoms with van der Waals surface area (Å²) in [4.78, 5) is 23.8. The number of ether oxygens (including phenoxy) is 1. The molecule has 1 aliphatic rings. The van der Waals surface area contributed by atoms with E-state index in [4.69, 9.17) is 0 Å². The van der Waals surface area contributed by atoms with E-state index < -0.39 is 6.36 Å². The van der Waals surface area contributed by atoms with E-state index in [9.17, 15) is 18.0 Å². The molecule has 0 radical (unpaired) electrons. The van der Waals surface area contributed by atoms with Gasteiger partial charge >= 0.3 is 12.4 Å². The number of carbonyl (C=O) groups is 1. The summed E-state index contributed by atoms with van der Waals surface area (Å²) in [5, 5.41) is 8.23. The molecule has 8 nitrogen and oxygen atoms in total. The van der Waals surface area contributed by atoms with Gasteiger partial charge in [0, 0.05) is 29.6 Å². The van der Waals surface area contributed by atoms with E-state index >= 15 is 0 Å². The van der Waals surface area contributed by atoms with Crippen LogP contribution in [0.3, 0.4) is 0 Å². The third kappa shape index (κ3) is 8.48. The second-order valence-electron chi connectivity index (χ2n) is 11.6. The van der Waals surface area contributed by atoms with E-state index in [1.807, 2.05) is 31.2 Å². The van der Waals surface area contributed by atoms with Gasteiger partial charge in [-0.2, -0.15) is 4.99 Å². The van der Waals surface area contributed by atoms with E-state index in [1.165, 1.54) is 46.4 Å². The Morgan fingerprint density at radius 1 is 1.07 bits per heavy atom. The van der Waals surface area contributed by atoms with Gasteiger partial charge in [0.15, 0.2) is 11.0 Å². The van der Waals surface area contributed by atoms with Crippen LogP contribution in [0, 0.1) is 6.92 Å². The standard InChI is InChI=1S/C34H37F3N6O2S/c1-22(2)30-23(3)7-5-10-29(30)42-19-20-46-33(42)40-32(44)39-24(4)8-6-9-25-11-13-26(14-12-25)31-38-21-43(41-31)27-15-17-28(18-16-27)45-34(35,36)37/h5,7,10-18,21-22,24H,6,8-9,19-20H2,1-4H3,(H,39,44)/b40-33-. The molecule has 1 unspecified atom stereocenters. The fourth-order valence-electron chi connectivity index (χ4n) is 5.52. The highest BCUT2D eigenvalue weighted by molar-refractivity contribution is 8.14. The maximum absolute atomic E-state index is 12.8. The Hall–Kier alpha value is -4.32. The lowest BCUT2D eigenvalue weighted by atomic mass is 9.95. The molecule has 1 N–H and O–H groups in total. The Bertz CT molecular complexity index is 1670. The molecule has 12 heteroatoms. The van der Waals surface area contributed by atoms with Crippen molar-refractivity contribution in [1.29, 1.82) is 0 Å². The summed E-state index contributed by atoms with van der Waals surface area (Å²) in [7, 11) is 0. The molecule has 2 heterocycles. The summed E-state index contributed by atoms with van der Waals surface area (Å²) in [6.45, 7) is 9.33. The second kappa shape index (κ2) is 14.4. The monoisotopic (exact) mass is 650 g/mol. The zero-order valence-corrected chi connectivity index (χ0v) is 27.0. The average Bonchev–Trinajstić information content (AvgIpc) is 3.67. The molecule has 1 aliphatic heterocycles. The summed E-state index contributed by atoms with van der Waals surface area (Å²) in [6, 6.07) is 19.3. The molecule has 5 rings (SSSR count). The molecule has 0 spiro atoms. The highest BCUT2D eigenvalue weighted by atomic mass is 32.2. The van der Waals surface area contributed by atoms with Crippen LogP contribution in [0.25, 0.3) is 17.1 Å². The van der Waals surface area contributed by atoms with Gasteiger partial charge < -0.3 is 15.0 Å². The number of carbonyl (C=O) groups excluding carboxylic acids is 1. The molecule has 1 atom stereocenters. The van der Waals surface area contributed by atoms with Gasteiger partial charge in [-0.25, -0.2) is 14.5 Å². The quantitative estimate of drug-likeness (QED) is 0.186. The smallest absolute Gasteiger partial charge is 0.406 e. The highest BCUT2D eigenvalue weighted by Crippen LogP contribution is 2.34. The van der Waals surface area contributed by atoms with Crippen LogP contribution in [0.4, 0.5) is 23.7 Å². The van der Waals surface area contributed by atoms with Gasteiger partial charge in [-0.15, -0.1) is 18.3 Å². The predicted octanol–water partition coefficient (Wildman–Crippen LogP) is 8.29. The van der Waals surface area contributed by atoms with Crippen molar-refractivity contribution in [2.75, 3.05) is 17.2 Å². The fraction of sp³-hybridized carbons (Fsp3) is 0.353. The number of hydrogen-bond donors (Lipinski definition) is 1. The van der Waals surface area contributed by atoms with Gasteiger partial charge in [0.25, 0.3) is 0 Å². The maximum atomic E-state index is 12.8. The molecule has 4 aromatic rings. The van der Waals surface area contributed by atoms with Crippen LogP contribution in [0.1, 0.15) is 56.2 Å². The largest absolute Gasteiger partial charge is 0.573 e. The van der Waals surface area contributed by atoms with Crippen molar-refractivity contribution in [3.8, 4) is 22.8 Å². The molecule has 1 saturated heterocycles. The minimum atomic E-state index is -4.74. The number of alkyl halides is 3. The Balaban J connectivity index is 1.11. The molecule has 0 bridgehead atoms. The first-order valence-corrected chi connectivity index (χ1v) is 16.2. The number of aliphatic imine (C=N–C) groups is 1. The van der Waals surface area contributed by atoms with Gasteiger partial charge in [0.05, 0.1) is 5.69 Å². The molecule has 3 aromatic carbocycles. The van der Waals surface area contributed by atoms with Crippen molar-refractivity contribution in [1.82, 2.24) is 20.1 Å². The first-order valence-electron chi connectivity index (χ1n) is 15.2. The Morgan fingerprint density at radius 3 is 2.50 bits per heavy atom. The number of nitrogens with one attached hydrogen (secondary N) is 1. The molecule has 0 saturated carbocycles. The van der Waals surface area contributed by atoms with E-state index in [0.29, 0.717) is 17.4 Å². The van der Waals surface area contributed by atoms with Crippen molar-refractivity contribution in [3.05, 3.63) is 89.7 Å². The first-order chi connectivity index (χ1) is 22.0. The molecular formula is C34H37F3N6O2S. The third-order valence-electron chi connectivity index (χ3n) is 7.65. The van der Waals surface area contributed by atoms with E-state index in [2.05, 4.69) is 69.0 Å². The van der Waals surface area contributed by atoms with Crippen molar-refractivity contribution >= 4 is 28.6 Å². The predicted molar refractivity (Wildman–Crippen MR) is 177 cm³/mol. The summed E-state index contributed by atoms with van der Waals surface area (Å²) < 4.78 is 42.7. The fourth-order valence-corrected chi connectivity index (χ4v) is 6.47. The lowest BCUT2D eigenvalue weighted by molar-refractivity contribution is -0.274. The summed E-state index contributed by atoms with van der Waals surface area (Å²) in [6.07, 6.45) is -0.686. The highest BCUT2D eigenvalue weighted by Gasteiger charge is 2.31. The Morgan fingerprint density at radius 2 is 1.80 bits per heavy atom. The van der Waals surface area contributed by atoms with Gasteiger partial charge in [-0.05, 0) is 86.1 Å². The number of amidine groups is 1. The summed E-state index contributed by atoms with van der Waals surface area (Å²) >= 11 is 1.61. The van der Waals surface area contributed by atoms with Crippen molar-refractivity contribution in [2.45, 2.75) is 65.3 Å². The van der Waals surface area contributed by atoms with Gasteiger partial charge in [-0.1, -0.05) is 62.0 Å². The van der Waals surface area contributed by atoms with Crippen LogP contribution in [0.2, 0.25) is 0 Å². The van der Waals surface area contributed by atoms with Crippen molar-refractivity contribution in [2.24, 2.45) is 4.99 Å². The molecule has 2 amide bonds. The normalized spacial score (nSPS) is 15.0. The van der Waals surface area contributed by atoms with Crippen LogP contribution in [-0.2, 0) is 6.42 Å². The maximum Gasteiger partial charge on any atom is 0.573 e. The molecule has 0 aliphatic carbocycles. The molecule has 1 fully saturated rings. The summed E-state index contributed by atoms with van der Waals surface area (Å²) in [5.41, 5.74) is 6.20. The van der Waals surface area contributed by atoms with Gasteiger partial charge in [0.1, 0.15) is 12.1 Å². The number of anilines is 1. The number of rotatable bonds is 10. The molecular weight excluding hydrogens is 613 g/mol. The summed E-state index contributed by atoms with van der Waals surface area (Å²) in [5.74, 6) is 1.46. The van der Waals surface area contributed by atoms with Crippen LogP contribution < -0.4 is 15.0 Å². The zero-order valence-electron chi connectivity index (χ0n) is 26.2. The Kier molecular flexibility index (Phi) is 10.4. The van der Waals surface area contributed by atoms with Crippen LogP contribution in [0.5, 0.6) is 5.75 Å². The number of aryl methyl sites for hydroxylation is 2. The van der Waals surface area contributed by atoms with Crippen molar-refractivity contribution < 1.29 is 22.7 Å². The van der Waals surface area contributed by atoms with Crippen LogP contribution in [-0.4, -0.2) is 50.7 Å². The van der Waals surface area contributed by atoms with Crippen LogP contribution in [0.15, 0.2) is 78.0 Å². The lowest BCUT2D eigenvalue weighted by Gasteiger charge is -2.24. The number of hydrogen-bond acceptors (Lipinski definition) is 5. The number of urea groups is 1.